The summed E-state index contributed by atoms with van der Waals surface area (Å²) >= 11 is 0. The molecule has 0 aliphatic heterocycles. The fraction of sp³-hybridized carbons (Fsp3) is 0.333. The highest BCUT2D eigenvalue weighted by Crippen LogP contribution is 2.57. The van der Waals surface area contributed by atoms with Crippen molar-refractivity contribution in [3.63, 3.8) is 0 Å². The predicted molar refractivity (Wildman–Crippen MR) is 84.9 cm³/mol. The second-order valence-electron chi connectivity index (χ2n) is 6.03. The molecule has 0 saturated carbocycles. The van der Waals surface area contributed by atoms with Crippen LogP contribution in [-0.4, -0.2) is 31.0 Å². The Bertz CT molecular complexity index is 773. The van der Waals surface area contributed by atoms with Gasteiger partial charge >= 0.3 is 23.9 Å². The standard InChI is InChI=1S/C18H14F9N/c1-28(13-10-6-3-7-11-13)14(12-8-4-2-5-9-12)15(19,20)16(21,22)17(23,24)18(25,26)27/h2-11,14H,1H3. The van der Waals surface area contributed by atoms with Gasteiger partial charge in [0.05, 0.1) is 0 Å². The SMILES string of the molecule is CN(c1ccccc1)C(c1ccccc1)C(F)(F)C(F)(F)C(F)(F)C(F)(F)F. The van der Waals surface area contributed by atoms with Crippen molar-refractivity contribution < 1.29 is 39.5 Å². The largest absolute Gasteiger partial charge is 0.460 e. The molecule has 0 bridgehead atoms. The first-order chi connectivity index (χ1) is 12.7. The van der Waals surface area contributed by atoms with Crippen LogP contribution in [0.3, 0.4) is 0 Å². The van der Waals surface area contributed by atoms with Crippen LogP contribution in [0.5, 0.6) is 0 Å². The number of hydrogen-bond donors (Lipinski definition) is 0. The molecular formula is C18H14F9N. The Morgan fingerprint density at radius 2 is 1.07 bits per heavy atom. The Morgan fingerprint density at radius 1 is 0.643 bits per heavy atom. The maximum Gasteiger partial charge on any atom is 0.460 e. The van der Waals surface area contributed by atoms with Gasteiger partial charge in [0.2, 0.25) is 0 Å². The summed E-state index contributed by atoms with van der Waals surface area (Å²) in [5.74, 6) is -19.5. The van der Waals surface area contributed by atoms with E-state index < -0.39 is 35.5 Å². The average Bonchev–Trinajstić information content (AvgIpc) is 2.62. The van der Waals surface area contributed by atoms with E-state index in [1.165, 1.54) is 48.5 Å². The predicted octanol–water partition coefficient (Wildman–Crippen LogP) is 6.33. The van der Waals surface area contributed by atoms with Crippen LogP contribution in [0.15, 0.2) is 60.7 Å². The number of alkyl halides is 9. The molecule has 154 valence electrons. The van der Waals surface area contributed by atoms with Crippen molar-refractivity contribution in [2.24, 2.45) is 0 Å². The maximum absolute atomic E-state index is 14.7. The van der Waals surface area contributed by atoms with E-state index in [0.29, 0.717) is 4.90 Å². The van der Waals surface area contributed by atoms with E-state index in [1.54, 1.807) is 0 Å². The van der Waals surface area contributed by atoms with Gasteiger partial charge in [-0.3, -0.25) is 0 Å². The summed E-state index contributed by atoms with van der Waals surface area (Å²) < 4.78 is 122. The average molecular weight is 415 g/mol. The lowest BCUT2D eigenvalue weighted by atomic mass is 9.90. The summed E-state index contributed by atoms with van der Waals surface area (Å²) in [7, 11) is 0.905. The molecule has 0 fully saturated rings. The van der Waals surface area contributed by atoms with Crippen molar-refractivity contribution in [3.05, 3.63) is 66.2 Å². The molecule has 2 aromatic carbocycles. The fourth-order valence-electron chi connectivity index (χ4n) is 2.68. The van der Waals surface area contributed by atoms with Crippen molar-refractivity contribution in [2.45, 2.75) is 30.0 Å². The van der Waals surface area contributed by atoms with Gasteiger partial charge in [-0.25, -0.2) is 0 Å². The number of benzene rings is 2. The van der Waals surface area contributed by atoms with Crippen molar-refractivity contribution in [3.8, 4) is 0 Å². The summed E-state index contributed by atoms with van der Waals surface area (Å²) in [6.45, 7) is 0. The molecule has 0 heterocycles. The fourth-order valence-corrected chi connectivity index (χ4v) is 2.68. The van der Waals surface area contributed by atoms with E-state index in [9.17, 15) is 39.5 Å². The molecule has 0 aliphatic carbocycles. The Hall–Kier alpha value is -2.39. The van der Waals surface area contributed by atoms with Gasteiger partial charge in [0.25, 0.3) is 0 Å². The van der Waals surface area contributed by atoms with Crippen LogP contribution in [0.4, 0.5) is 45.2 Å². The van der Waals surface area contributed by atoms with Gasteiger partial charge in [0, 0.05) is 12.7 Å². The van der Waals surface area contributed by atoms with E-state index in [1.807, 2.05) is 0 Å². The maximum atomic E-state index is 14.7. The smallest absolute Gasteiger partial charge is 0.362 e. The number of halogens is 9. The summed E-state index contributed by atoms with van der Waals surface area (Å²) in [6.07, 6.45) is -6.87. The van der Waals surface area contributed by atoms with Gasteiger partial charge in [-0.2, -0.15) is 39.5 Å². The quantitative estimate of drug-likeness (QED) is 0.498. The second-order valence-corrected chi connectivity index (χ2v) is 6.03. The van der Waals surface area contributed by atoms with Crippen molar-refractivity contribution in [1.82, 2.24) is 0 Å². The lowest BCUT2D eigenvalue weighted by Crippen LogP contribution is -2.64. The number of nitrogens with zero attached hydrogens (tertiary/aromatic N) is 1. The van der Waals surface area contributed by atoms with E-state index in [0.717, 1.165) is 19.2 Å². The summed E-state index contributed by atoms with van der Waals surface area (Å²) in [4.78, 5) is 0.537. The van der Waals surface area contributed by atoms with E-state index >= 15 is 0 Å². The molecule has 0 saturated heterocycles. The molecule has 0 N–H and O–H groups in total. The van der Waals surface area contributed by atoms with Gasteiger partial charge in [0.1, 0.15) is 6.04 Å². The summed E-state index contributed by atoms with van der Waals surface area (Å²) in [5.41, 5.74) is -0.640. The molecule has 0 radical (unpaired) electrons. The van der Waals surface area contributed by atoms with Gasteiger partial charge < -0.3 is 4.90 Å². The highest BCUT2D eigenvalue weighted by Gasteiger charge is 2.83. The van der Waals surface area contributed by atoms with Gasteiger partial charge in [-0.1, -0.05) is 48.5 Å². The van der Waals surface area contributed by atoms with Gasteiger partial charge in [-0.05, 0) is 17.7 Å². The zero-order valence-corrected chi connectivity index (χ0v) is 14.2. The number of rotatable bonds is 6. The molecule has 1 atom stereocenters. The summed E-state index contributed by atoms with van der Waals surface area (Å²) in [6, 6.07) is 9.47. The van der Waals surface area contributed by atoms with E-state index in [2.05, 4.69) is 0 Å². The lowest BCUT2D eigenvalue weighted by Gasteiger charge is -2.42. The molecule has 0 amide bonds. The first kappa shape index (κ1) is 21.9. The third-order valence-electron chi connectivity index (χ3n) is 4.18. The Labute approximate surface area is 154 Å². The lowest BCUT2D eigenvalue weighted by molar-refractivity contribution is -0.399. The second kappa shape index (κ2) is 7.21. The highest BCUT2D eigenvalue weighted by molar-refractivity contribution is 5.49. The zero-order chi connectivity index (χ0) is 21.4. The molecule has 0 spiro atoms. The minimum Gasteiger partial charge on any atom is -0.362 e. The van der Waals surface area contributed by atoms with Crippen molar-refractivity contribution >= 4 is 5.69 Å². The molecule has 28 heavy (non-hydrogen) atoms. The molecular weight excluding hydrogens is 401 g/mol. The Morgan fingerprint density at radius 3 is 1.50 bits per heavy atom. The molecule has 1 unspecified atom stereocenters. The number of anilines is 1. The zero-order valence-electron chi connectivity index (χ0n) is 14.2. The van der Waals surface area contributed by atoms with Gasteiger partial charge in [0.15, 0.2) is 0 Å². The molecule has 2 aromatic rings. The Balaban J connectivity index is 2.65. The van der Waals surface area contributed by atoms with E-state index in [-0.39, 0.29) is 5.69 Å². The van der Waals surface area contributed by atoms with Crippen molar-refractivity contribution in [2.75, 3.05) is 11.9 Å². The van der Waals surface area contributed by atoms with Crippen LogP contribution >= 0.6 is 0 Å². The molecule has 2 rings (SSSR count). The Kier molecular flexibility index (Phi) is 5.64. The van der Waals surface area contributed by atoms with Crippen LogP contribution in [-0.2, 0) is 0 Å². The van der Waals surface area contributed by atoms with Crippen LogP contribution in [0.2, 0.25) is 0 Å². The number of hydrogen-bond acceptors (Lipinski definition) is 1. The first-order valence-electron chi connectivity index (χ1n) is 7.78. The minimum atomic E-state index is -6.95. The van der Waals surface area contributed by atoms with Crippen LogP contribution in [0, 0.1) is 0 Å². The van der Waals surface area contributed by atoms with Crippen LogP contribution in [0.25, 0.3) is 0 Å². The van der Waals surface area contributed by atoms with E-state index in [4.69, 9.17) is 0 Å². The molecule has 10 heteroatoms. The molecule has 1 nitrogen and oxygen atoms in total. The third kappa shape index (κ3) is 3.51. The van der Waals surface area contributed by atoms with Crippen LogP contribution in [0.1, 0.15) is 11.6 Å². The molecule has 0 aromatic heterocycles. The number of para-hydroxylation sites is 1. The van der Waals surface area contributed by atoms with Crippen LogP contribution < -0.4 is 4.90 Å². The highest BCUT2D eigenvalue weighted by atomic mass is 19.4. The normalized spacial score (nSPS) is 14.6. The van der Waals surface area contributed by atoms with Gasteiger partial charge in [-0.15, -0.1) is 0 Å². The summed E-state index contributed by atoms with van der Waals surface area (Å²) in [5, 5.41) is 0. The topological polar surface area (TPSA) is 3.24 Å². The minimum absolute atomic E-state index is 0.0813. The van der Waals surface area contributed by atoms with Crippen molar-refractivity contribution in [1.29, 1.82) is 0 Å². The monoisotopic (exact) mass is 415 g/mol. The first-order valence-corrected chi connectivity index (χ1v) is 7.78. The third-order valence-corrected chi connectivity index (χ3v) is 4.18. The molecule has 0 aliphatic rings.